The van der Waals surface area contributed by atoms with Crippen LogP contribution in [0.2, 0.25) is 0 Å². The zero-order chi connectivity index (χ0) is 13.8. The first-order valence-corrected chi connectivity index (χ1v) is 5.82. The van der Waals surface area contributed by atoms with Crippen LogP contribution >= 0.6 is 0 Å². The second-order valence-electron chi connectivity index (χ2n) is 4.12. The van der Waals surface area contributed by atoms with E-state index in [0.717, 1.165) is 12.8 Å². The SMILES string of the molecule is CNc1ncnc(NCC(=O)NC2CC2)c1[N+](=O)[O-]. The second kappa shape index (κ2) is 5.46. The molecule has 0 spiro atoms. The molecule has 1 aromatic heterocycles. The average Bonchev–Trinajstić information content (AvgIpc) is 3.19. The molecule has 1 aromatic rings. The van der Waals surface area contributed by atoms with Gasteiger partial charge in [0.2, 0.25) is 17.5 Å². The van der Waals surface area contributed by atoms with Crippen molar-refractivity contribution >= 4 is 23.2 Å². The summed E-state index contributed by atoms with van der Waals surface area (Å²) in [6.07, 6.45) is 3.17. The molecule has 9 heteroatoms. The van der Waals surface area contributed by atoms with E-state index >= 15 is 0 Å². The van der Waals surface area contributed by atoms with Crippen LogP contribution in [0.15, 0.2) is 6.33 Å². The van der Waals surface area contributed by atoms with E-state index in [2.05, 4.69) is 25.9 Å². The van der Waals surface area contributed by atoms with Crippen LogP contribution in [0.3, 0.4) is 0 Å². The molecule has 0 aliphatic heterocycles. The lowest BCUT2D eigenvalue weighted by Gasteiger charge is -2.08. The first-order valence-electron chi connectivity index (χ1n) is 5.82. The van der Waals surface area contributed by atoms with Gasteiger partial charge in [-0.1, -0.05) is 0 Å². The van der Waals surface area contributed by atoms with Crippen LogP contribution in [0.25, 0.3) is 0 Å². The van der Waals surface area contributed by atoms with E-state index in [1.54, 1.807) is 0 Å². The fourth-order valence-corrected chi connectivity index (χ4v) is 1.53. The van der Waals surface area contributed by atoms with Crippen molar-refractivity contribution in [1.29, 1.82) is 0 Å². The maximum Gasteiger partial charge on any atom is 0.353 e. The van der Waals surface area contributed by atoms with Crippen molar-refractivity contribution in [3.8, 4) is 0 Å². The van der Waals surface area contributed by atoms with Crippen LogP contribution < -0.4 is 16.0 Å². The molecule has 19 heavy (non-hydrogen) atoms. The minimum Gasteiger partial charge on any atom is -0.367 e. The molecule has 2 rings (SSSR count). The van der Waals surface area contributed by atoms with Gasteiger partial charge in [-0.25, -0.2) is 9.97 Å². The Morgan fingerprint density at radius 3 is 2.74 bits per heavy atom. The lowest BCUT2D eigenvalue weighted by Crippen LogP contribution is -2.31. The number of rotatable bonds is 6. The average molecular weight is 266 g/mol. The zero-order valence-corrected chi connectivity index (χ0v) is 10.3. The summed E-state index contributed by atoms with van der Waals surface area (Å²) < 4.78 is 0. The Morgan fingerprint density at radius 1 is 1.47 bits per heavy atom. The minimum absolute atomic E-state index is 0.0234. The van der Waals surface area contributed by atoms with Gasteiger partial charge in [-0.2, -0.15) is 0 Å². The molecule has 1 fully saturated rings. The highest BCUT2D eigenvalue weighted by Gasteiger charge is 2.25. The largest absolute Gasteiger partial charge is 0.367 e. The fourth-order valence-electron chi connectivity index (χ4n) is 1.53. The third-order valence-corrected chi connectivity index (χ3v) is 2.60. The summed E-state index contributed by atoms with van der Waals surface area (Å²) in [6.45, 7) is -0.0580. The van der Waals surface area contributed by atoms with Gasteiger partial charge < -0.3 is 16.0 Å². The molecule has 1 aliphatic rings. The van der Waals surface area contributed by atoms with E-state index in [0.29, 0.717) is 0 Å². The van der Waals surface area contributed by atoms with E-state index in [1.807, 2.05) is 0 Å². The van der Waals surface area contributed by atoms with Gasteiger partial charge in [-0.05, 0) is 12.8 Å². The highest BCUT2D eigenvalue weighted by Crippen LogP contribution is 2.28. The van der Waals surface area contributed by atoms with Crippen LogP contribution in [-0.4, -0.2) is 40.4 Å². The smallest absolute Gasteiger partial charge is 0.353 e. The summed E-state index contributed by atoms with van der Waals surface area (Å²) in [7, 11) is 1.53. The molecule has 0 aromatic carbocycles. The molecule has 0 bridgehead atoms. The number of aromatic nitrogens is 2. The summed E-state index contributed by atoms with van der Waals surface area (Å²) in [5, 5.41) is 19.0. The molecule has 0 saturated heterocycles. The van der Waals surface area contributed by atoms with Gasteiger partial charge in [0, 0.05) is 13.1 Å². The molecule has 1 aliphatic carbocycles. The van der Waals surface area contributed by atoms with Crippen molar-refractivity contribution in [3.05, 3.63) is 16.4 Å². The Balaban J connectivity index is 2.05. The molecule has 1 heterocycles. The summed E-state index contributed by atoms with van der Waals surface area (Å²) in [6, 6.07) is 0.252. The molecule has 102 valence electrons. The number of nitrogens with one attached hydrogen (secondary N) is 3. The summed E-state index contributed by atoms with van der Waals surface area (Å²) in [5.41, 5.74) is -0.274. The summed E-state index contributed by atoms with van der Waals surface area (Å²) >= 11 is 0. The molecule has 1 saturated carbocycles. The molecule has 9 nitrogen and oxygen atoms in total. The van der Waals surface area contributed by atoms with Gasteiger partial charge in [-0.3, -0.25) is 14.9 Å². The number of hydrogen-bond donors (Lipinski definition) is 3. The Bertz CT molecular complexity index is 502. The van der Waals surface area contributed by atoms with E-state index in [-0.39, 0.29) is 35.8 Å². The molecule has 0 atom stereocenters. The minimum atomic E-state index is -0.590. The van der Waals surface area contributed by atoms with Crippen molar-refractivity contribution in [2.45, 2.75) is 18.9 Å². The molecular formula is C10H14N6O3. The third kappa shape index (κ3) is 3.27. The van der Waals surface area contributed by atoms with Crippen molar-refractivity contribution in [1.82, 2.24) is 15.3 Å². The quantitative estimate of drug-likeness (QED) is 0.493. The standard InChI is InChI=1S/C10H14N6O3/c1-11-9-8(16(18)19)10(14-5-13-9)12-4-7(17)15-6-2-3-6/h5-6H,2-4H2,1H3,(H,15,17)(H2,11,12,13,14). The third-order valence-electron chi connectivity index (χ3n) is 2.60. The molecular weight excluding hydrogens is 252 g/mol. The number of carbonyl (C=O) groups excluding carboxylic acids is 1. The van der Waals surface area contributed by atoms with Gasteiger partial charge in [0.25, 0.3) is 0 Å². The number of anilines is 2. The Kier molecular flexibility index (Phi) is 3.74. The van der Waals surface area contributed by atoms with Crippen LogP contribution in [0, 0.1) is 10.1 Å². The van der Waals surface area contributed by atoms with Gasteiger partial charge in [0.05, 0.1) is 11.5 Å². The zero-order valence-electron chi connectivity index (χ0n) is 10.3. The lowest BCUT2D eigenvalue weighted by molar-refractivity contribution is -0.383. The Hall–Kier alpha value is -2.45. The van der Waals surface area contributed by atoms with Gasteiger partial charge >= 0.3 is 5.69 Å². The van der Waals surface area contributed by atoms with Gasteiger partial charge in [-0.15, -0.1) is 0 Å². The Morgan fingerprint density at radius 2 is 2.16 bits per heavy atom. The summed E-state index contributed by atoms with van der Waals surface area (Å²) in [5.74, 6) is -0.0817. The van der Waals surface area contributed by atoms with Crippen LogP contribution in [0.4, 0.5) is 17.3 Å². The van der Waals surface area contributed by atoms with Crippen molar-refractivity contribution in [2.75, 3.05) is 24.2 Å². The fraction of sp³-hybridized carbons (Fsp3) is 0.500. The van der Waals surface area contributed by atoms with Crippen molar-refractivity contribution in [3.63, 3.8) is 0 Å². The van der Waals surface area contributed by atoms with Gasteiger partial charge in [0.15, 0.2) is 0 Å². The molecule has 3 N–H and O–H groups in total. The number of amides is 1. The number of nitrogens with zero attached hydrogens (tertiary/aromatic N) is 3. The van der Waals surface area contributed by atoms with Crippen LogP contribution in [0.5, 0.6) is 0 Å². The molecule has 0 unspecified atom stereocenters. The second-order valence-corrected chi connectivity index (χ2v) is 4.12. The maximum atomic E-state index is 11.5. The first-order chi connectivity index (χ1) is 9.11. The molecule has 1 amide bonds. The van der Waals surface area contributed by atoms with Gasteiger partial charge in [0.1, 0.15) is 6.33 Å². The lowest BCUT2D eigenvalue weighted by atomic mass is 10.4. The van der Waals surface area contributed by atoms with Crippen LogP contribution in [-0.2, 0) is 4.79 Å². The highest BCUT2D eigenvalue weighted by molar-refractivity contribution is 5.82. The topological polar surface area (TPSA) is 122 Å². The summed E-state index contributed by atoms with van der Waals surface area (Å²) in [4.78, 5) is 29.4. The molecule has 0 radical (unpaired) electrons. The predicted molar refractivity (Wildman–Crippen MR) is 67.9 cm³/mol. The monoisotopic (exact) mass is 266 g/mol. The van der Waals surface area contributed by atoms with Crippen LogP contribution in [0.1, 0.15) is 12.8 Å². The van der Waals surface area contributed by atoms with E-state index in [1.165, 1.54) is 13.4 Å². The Labute approximate surface area is 109 Å². The van der Waals surface area contributed by atoms with Crippen molar-refractivity contribution in [2.24, 2.45) is 0 Å². The first kappa shape index (κ1) is 13.0. The predicted octanol–water partition coefficient (Wildman–Crippen LogP) is 0.117. The van der Waals surface area contributed by atoms with E-state index in [9.17, 15) is 14.9 Å². The maximum absolute atomic E-state index is 11.5. The van der Waals surface area contributed by atoms with E-state index in [4.69, 9.17) is 0 Å². The van der Waals surface area contributed by atoms with E-state index < -0.39 is 4.92 Å². The van der Waals surface area contributed by atoms with Crippen molar-refractivity contribution < 1.29 is 9.72 Å². The normalized spacial score (nSPS) is 13.7. The number of hydrogen-bond acceptors (Lipinski definition) is 7. The number of carbonyl (C=O) groups is 1. The number of nitro groups is 1. The highest BCUT2D eigenvalue weighted by atomic mass is 16.6.